The van der Waals surface area contributed by atoms with Crippen LogP contribution in [0.25, 0.3) is 10.9 Å². The summed E-state index contributed by atoms with van der Waals surface area (Å²) in [5.74, 6) is -0.0323. The van der Waals surface area contributed by atoms with Gasteiger partial charge in [-0.25, -0.2) is 0 Å². The van der Waals surface area contributed by atoms with Crippen molar-refractivity contribution in [3.8, 4) is 0 Å². The molecule has 1 amide bonds. The number of rotatable bonds is 10. The first kappa shape index (κ1) is 26.5. The molecule has 0 aliphatic heterocycles. The fourth-order valence-corrected chi connectivity index (χ4v) is 4.68. The Morgan fingerprint density at radius 1 is 0.886 bits per heavy atom. The van der Waals surface area contributed by atoms with Gasteiger partial charge in [-0.05, 0) is 37.7 Å². The minimum Gasteiger partial charge on any atom is -0.351 e. The first-order valence-electron chi connectivity index (χ1n) is 12.3. The molecule has 0 saturated heterocycles. The van der Waals surface area contributed by atoms with Crippen molar-refractivity contribution in [2.45, 2.75) is 32.2 Å². The lowest BCUT2D eigenvalue weighted by Gasteiger charge is -2.21. The molecule has 4 rings (SSSR count). The summed E-state index contributed by atoms with van der Waals surface area (Å²) in [5.41, 5.74) is 5.34. The second-order valence-electron chi connectivity index (χ2n) is 9.10. The van der Waals surface area contributed by atoms with Crippen molar-refractivity contribution in [2.24, 2.45) is 0 Å². The van der Waals surface area contributed by atoms with Crippen molar-refractivity contribution >= 4 is 29.2 Å². The lowest BCUT2D eigenvalue weighted by atomic mass is 9.83. The van der Waals surface area contributed by atoms with E-state index >= 15 is 0 Å². The van der Waals surface area contributed by atoms with Crippen LogP contribution in [0.15, 0.2) is 84.9 Å². The second-order valence-corrected chi connectivity index (χ2v) is 9.10. The highest BCUT2D eigenvalue weighted by Gasteiger charge is 2.29. The SMILES string of the molecule is CCCCNC(=O)c1c(C(c2ccccc2)c2ccccc2)c2ccccc2n1CCN(C)C.Cl. The summed E-state index contributed by atoms with van der Waals surface area (Å²) in [4.78, 5) is 16.0. The van der Waals surface area contributed by atoms with Crippen molar-refractivity contribution in [1.82, 2.24) is 14.8 Å². The Balaban J connectivity index is 0.00000342. The molecule has 3 aromatic carbocycles. The Kier molecular flexibility index (Phi) is 9.53. The van der Waals surface area contributed by atoms with Crippen molar-refractivity contribution in [3.63, 3.8) is 0 Å². The van der Waals surface area contributed by atoms with E-state index in [1.54, 1.807) is 0 Å². The Morgan fingerprint density at radius 2 is 1.46 bits per heavy atom. The van der Waals surface area contributed by atoms with Gasteiger partial charge in [-0.2, -0.15) is 0 Å². The van der Waals surface area contributed by atoms with Crippen LogP contribution in [0.4, 0.5) is 0 Å². The number of carbonyl (C=O) groups excluding carboxylic acids is 1. The van der Waals surface area contributed by atoms with E-state index in [0.717, 1.165) is 48.1 Å². The van der Waals surface area contributed by atoms with Crippen LogP contribution in [0, 0.1) is 0 Å². The topological polar surface area (TPSA) is 37.3 Å². The van der Waals surface area contributed by atoms with Gasteiger partial charge in [-0.15, -0.1) is 12.4 Å². The lowest BCUT2D eigenvalue weighted by molar-refractivity contribution is 0.0942. The largest absolute Gasteiger partial charge is 0.351 e. The Bertz CT molecular complexity index is 1180. The lowest BCUT2D eigenvalue weighted by Crippen LogP contribution is -2.30. The van der Waals surface area contributed by atoms with E-state index in [-0.39, 0.29) is 24.2 Å². The van der Waals surface area contributed by atoms with Crippen molar-refractivity contribution in [3.05, 3.63) is 107 Å². The van der Waals surface area contributed by atoms with E-state index in [4.69, 9.17) is 0 Å². The number of hydrogen-bond donors (Lipinski definition) is 1. The smallest absolute Gasteiger partial charge is 0.268 e. The van der Waals surface area contributed by atoms with E-state index in [2.05, 4.69) is 109 Å². The predicted molar refractivity (Wildman–Crippen MR) is 149 cm³/mol. The maximum absolute atomic E-state index is 13.8. The van der Waals surface area contributed by atoms with Gasteiger partial charge in [0.05, 0.1) is 0 Å². The number of fused-ring (bicyclic) bond motifs is 1. The fraction of sp³-hybridized carbons (Fsp3) is 0.300. The van der Waals surface area contributed by atoms with Crippen LogP contribution in [0.2, 0.25) is 0 Å². The molecule has 0 fully saturated rings. The van der Waals surface area contributed by atoms with Gasteiger partial charge in [-0.3, -0.25) is 4.79 Å². The highest BCUT2D eigenvalue weighted by Crippen LogP contribution is 2.40. The third-order valence-corrected chi connectivity index (χ3v) is 6.37. The first-order valence-corrected chi connectivity index (χ1v) is 12.3. The van der Waals surface area contributed by atoms with Crippen LogP contribution in [0.5, 0.6) is 0 Å². The van der Waals surface area contributed by atoms with Crippen LogP contribution < -0.4 is 5.32 Å². The molecule has 1 N–H and O–H groups in total. The summed E-state index contributed by atoms with van der Waals surface area (Å²) < 4.78 is 2.23. The molecule has 0 bridgehead atoms. The van der Waals surface area contributed by atoms with E-state index in [0.29, 0.717) is 6.54 Å². The average Bonchev–Trinajstić information content (AvgIpc) is 3.18. The molecular weight excluding hydrogens is 454 g/mol. The molecule has 0 atom stereocenters. The molecule has 0 spiro atoms. The highest BCUT2D eigenvalue weighted by molar-refractivity contribution is 6.02. The van der Waals surface area contributed by atoms with Crippen molar-refractivity contribution in [1.29, 1.82) is 0 Å². The third kappa shape index (κ3) is 5.95. The third-order valence-electron chi connectivity index (χ3n) is 6.37. The Morgan fingerprint density at radius 3 is 2.03 bits per heavy atom. The number of halogens is 1. The number of nitrogens with zero attached hydrogens (tertiary/aromatic N) is 2. The minimum atomic E-state index is -0.0418. The van der Waals surface area contributed by atoms with E-state index in [9.17, 15) is 4.79 Å². The van der Waals surface area contributed by atoms with E-state index in [1.165, 1.54) is 11.1 Å². The van der Waals surface area contributed by atoms with Gasteiger partial charge >= 0.3 is 0 Å². The number of para-hydroxylation sites is 1. The van der Waals surface area contributed by atoms with Gasteiger partial charge in [0.2, 0.25) is 0 Å². The van der Waals surface area contributed by atoms with Crippen molar-refractivity contribution < 1.29 is 4.79 Å². The quantitative estimate of drug-likeness (QED) is 0.264. The van der Waals surface area contributed by atoms with Gasteiger partial charge in [-0.1, -0.05) is 92.2 Å². The number of amides is 1. The molecule has 0 saturated carbocycles. The van der Waals surface area contributed by atoms with E-state index < -0.39 is 0 Å². The van der Waals surface area contributed by atoms with E-state index in [1.807, 2.05) is 12.1 Å². The summed E-state index contributed by atoms with van der Waals surface area (Å²) >= 11 is 0. The number of carbonyl (C=O) groups is 1. The Labute approximate surface area is 215 Å². The molecule has 0 aliphatic carbocycles. The summed E-state index contributed by atoms with van der Waals surface area (Å²) in [6.07, 6.45) is 2.02. The summed E-state index contributed by atoms with van der Waals surface area (Å²) in [6, 6.07) is 29.5. The molecule has 4 nitrogen and oxygen atoms in total. The van der Waals surface area contributed by atoms with Gasteiger partial charge < -0.3 is 14.8 Å². The maximum Gasteiger partial charge on any atom is 0.268 e. The van der Waals surface area contributed by atoms with Crippen LogP contribution >= 0.6 is 12.4 Å². The highest BCUT2D eigenvalue weighted by atomic mass is 35.5. The maximum atomic E-state index is 13.8. The Hall–Kier alpha value is -3.08. The molecule has 5 heteroatoms. The van der Waals surface area contributed by atoms with Crippen LogP contribution in [0.3, 0.4) is 0 Å². The van der Waals surface area contributed by atoms with Crippen LogP contribution in [-0.2, 0) is 6.54 Å². The number of hydrogen-bond acceptors (Lipinski definition) is 2. The second kappa shape index (κ2) is 12.6. The molecule has 0 aliphatic rings. The zero-order chi connectivity index (χ0) is 23.9. The zero-order valence-electron chi connectivity index (χ0n) is 20.9. The molecule has 184 valence electrons. The molecule has 35 heavy (non-hydrogen) atoms. The molecule has 0 radical (unpaired) electrons. The first-order chi connectivity index (χ1) is 16.6. The van der Waals surface area contributed by atoms with Gasteiger partial charge in [0, 0.05) is 42.0 Å². The summed E-state index contributed by atoms with van der Waals surface area (Å²) in [5, 5.41) is 4.35. The van der Waals surface area contributed by atoms with Crippen LogP contribution in [0.1, 0.15) is 52.9 Å². The number of likely N-dealkylation sites (N-methyl/N-ethyl adjacent to an activating group) is 1. The van der Waals surface area contributed by atoms with Crippen molar-refractivity contribution in [2.75, 3.05) is 27.2 Å². The minimum absolute atomic E-state index is 0. The molecule has 1 aromatic heterocycles. The number of aromatic nitrogens is 1. The number of benzene rings is 3. The molecule has 4 aromatic rings. The summed E-state index contributed by atoms with van der Waals surface area (Å²) in [7, 11) is 4.15. The van der Waals surface area contributed by atoms with Gasteiger partial charge in [0.25, 0.3) is 5.91 Å². The normalized spacial score (nSPS) is 11.1. The van der Waals surface area contributed by atoms with Crippen LogP contribution in [-0.4, -0.2) is 42.6 Å². The zero-order valence-corrected chi connectivity index (χ0v) is 21.7. The number of unbranched alkanes of at least 4 members (excludes halogenated alkanes) is 1. The standard InChI is InChI=1S/C30H35N3O.ClH/c1-4-5-20-31-30(34)29-28(25-18-12-13-19-26(25)33(29)22-21-32(2)3)27(23-14-8-6-9-15-23)24-16-10-7-11-17-24;/h6-19,27H,4-5,20-22H2,1-3H3,(H,31,34);1H. The molecule has 0 unspecified atom stereocenters. The predicted octanol–water partition coefficient (Wildman–Crippen LogP) is 6.33. The average molecular weight is 490 g/mol. The number of nitrogens with one attached hydrogen (secondary N) is 1. The molecule has 1 heterocycles. The monoisotopic (exact) mass is 489 g/mol. The molecular formula is C30H36ClN3O. The van der Waals surface area contributed by atoms with Gasteiger partial charge in [0.1, 0.15) is 5.69 Å². The summed E-state index contributed by atoms with van der Waals surface area (Å²) in [6.45, 7) is 4.44. The van der Waals surface area contributed by atoms with Gasteiger partial charge in [0.15, 0.2) is 0 Å². The fourth-order valence-electron chi connectivity index (χ4n) is 4.68.